The van der Waals surface area contributed by atoms with Crippen LogP contribution in [0.4, 0.5) is 0 Å². The van der Waals surface area contributed by atoms with Crippen molar-refractivity contribution in [3.8, 4) is 5.75 Å². The van der Waals surface area contributed by atoms with Gasteiger partial charge in [-0.05, 0) is 55.8 Å². The van der Waals surface area contributed by atoms with E-state index < -0.39 is 0 Å². The Kier molecular flexibility index (Phi) is 5.40. The molecule has 0 unspecified atom stereocenters. The molecule has 0 bridgehead atoms. The van der Waals surface area contributed by atoms with Gasteiger partial charge in [-0.3, -0.25) is 9.69 Å². The topological polar surface area (TPSA) is 52.6 Å². The minimum atomic E-state index is -0.0787. The van der Waals surface area contributed by atoms with Crippen LogP contribution in [0, 0.1) is 13.8 Å². The Bertz CT molecular complexity index is 693. The van der Waals surface area contributed by atoms with Crippen molar-refractivity contribution in [2.45, 2.75) is 26.9 Å². The molecule has 23 heavy (non-hydrogen) atoms. The van der Waals surface area contributed by atoms with Crippen molar-refractivity contribution < 1.29 is 9.90 Å². The molecule has 2 rings (SSSR count). The first kappa shape index (κ1) is 17.0. The molecule has 4 nitrogen and oxygen atoms in total. The van der Waals surface area contributed by atoms with E-state index in [0.717, 1.165) is 23.2 Å². The Balaban J connectivity index is 2.03. The summed E-state index contributed by atoms with van der Waals surface area (Å²) in [7, 11) is 3.64. The molecule has 4 heteroatoms. The number of carbonyl (C=O) groups is 1. The lowest BCUT2D eigenvalue weighted by Gasteiger charge is -2.18. The van der Waals surface area contributed by atoms with E-state index in [-0.39, 0.29) is 5.91 Å². The Labute approximate surface area is 137 Å². The molecule has 0 saturated heterocycles. The van der Waals surface area contributed by atoms with Crippen molar-refractivity contribution in [1.82, 2.24) is 10.2 Å². The van der Waals surface area contributed by atoms with Gasteiger partial charge in [0.15, 0.2) is 0 Å². The van der Waals surface area contributed by atoms with E-state index in [1.54, 1.807) is 7.05 Å². The van der Waals surface area contributed by atoms with Crippen LogP contribution in [0.3, 0.4) is 0 Å². The van der Waals surface area contributed by atoms with Gasteiger partial charge >= 0.3 is 0 Å². The number of carbonyl (C=O) groups excluding carboxylic acids is 1. The van der Waals surface area contributed by atoms with E-state index in [0.29, 0.717) is 17.9 Å². The van der Waals surface area contributed by atoms with Crippen molar-refractivity contribution in [3.63, 3.8) is 0 Å². The molecule has 0 fully saturated rings. The normalized spacial score (nSPS) is 10.8. The van der Waals surface area contributed by atoms with Crippen LogP contribution in [0.1, 0.15) is 32.6 Å². The molecular formula is C19H24N2O2. The second-order valence-electron chi connectivity index (χ2n) is 6.01. The van der Waals surface area contributed by atoms with Crippen molar-refractivity contribution in [2.75, 3.05) is 14.1 Å². The molecule has 0 aromatic heterocycles. The maximum atomic E-state index is 11.5. The number of benzene rings is 2. The van der Waals surface area contributed by atoms with Crippen molar-refractivity contribution in [3.05, 3.63) is 64.2 Å². The Morgan fingerprint density at radius 1 is 1.09 bits per heavy atom. The molecule has 0 spiro atoms. The second-order valence-corrected chi connectivity index (χ2v) is 6.01. The lowest BCUT2D eigenvalue weighted by molar-refractivity contribution is 0.0963. The Hall–Kier alpha value is -2.33. The first-order valence-electron chi connectivity index (χ1n) is 7.69. The number of hydrogen-bond acceptors (Lipinski definition) is 3. The number of aryl methyl sites for hydroxylation is 2. The zero-order chi connectivity index (χ0) is 17.0. The summed E-state index contributed by atoms with van der Waals surface area (Å²) in [5, 5.41) is 12.7. The second kappa shape index (κ2) is 7.29. The zero-order valence-electron chi connectivity index (χ0n) is 14.2. The van der Waals surface area contributed by atoms with Gasteiger partial charge in [-0.2, -0.15) is 0 Å². The molecular weight excluding hydrogens is 288 g/mol. The van der Waals surface area contributed by atoms with Gasteiger partial charge in [0.25, 0.3) is 5.91 Å². The summed E-state index contributed by atoms with van der Waals surface area (Å²) in [6.45, 7) is 5.47. The van der Waals surface area contributed by atoms with Crippen molar-refractivity contribution in [2.24, 2.45) is 0 Å². The molecule has 1 amide bonds. The van der Waals surface area contributed by atoms with E-state index >= 15 is 0 Å². The van der Waals surface area contributed by atoms with Gasteiger partial charge in [-0.1, -0.05) is 18.2 Å². The number of amides is 1. The predicted octanol–water partition coefficient (Wildman–Crippen LogP) is 3.00. The molecule has 0 aliphatic rings. The molecule has 122 valence electrons. The smallest absolute Gasteiger partial charge is 0.251 e. The Morgan fingerprint density at radius 2 is 1.70 bits per heavy atom. The molecule has 0 saturated carbocycles. The molecule has 2 N–H and O–H groups in total. The van der Waals surface area contributed by atoms with E-state index in [1.165, 1.54) is 5.56 Å². The zero-order valence-corrected chi connectivity index (χ0v) is 14.2. The third kappa shape index (κ3) is 4.33. The first-order valence-corrected chi connectivity index (χ1v) is 7.69. The largest absolute Gasteiger partial charge is 0.508 e. The van der Waals surface area contributed by atoms with Gasteiger partial charge in [0.2, 0.25) is 0 Å². The number of hydrogen-bond donors (Lipinski definition) is 2. The summed E-state index contributed by atoms with van der Waals surface area (Å²) in [5.41, 5.74) is 4.99. The number of nitrogens with zero attached hydrogens (tertiary/aromatic N) is 1. The maximum absolute atomic E-state index is 11.5. The van der Waals surface area contributed by atoms with E-state index in [4.69, 9.17) is 0 Å². The minimum Gasteiger partial charge on any atom is -0.508 e. The third-order valence-electron chi connectivity index (χ3n) is 4.03. The highest BCUT2D eigenvalue weighted by Crippen LogP contribution is 2.23. The molecule has 0 aliphatic carbocycles. The molecule has 0 heterocycles. The summed E-state index contributed by atoms with van der Waals surface area (Å²) < 4.78 is 0. The lowest BCUT2D eigenvalue weighted by atomic mass is 10.0. The Morgan fingerprint density at radius 3 is 2.30 bits per heavy atom. The van der Waals surface area contributed by atoms with Gasteiger partial charge in [0, 0.05) is 31.3 Å². The summed E-state index contributed by atoms with van der Waals surface area (Å²) in [6, 6.07) is 11.4. The number of phenols is 1. The van der Waals surface area contributed by atoms with Crippen LogP contribution < -0.4 is 5.32 Å². The van der Waals surface area contributed by atoms with Crippen LogP contribution in [0.25, 0.3) is 0 Å². The van der Waals surface area contributed by atoms with Crippen LogP contribution in [0.15, 0.2) is 36.4 Å². The van der Waals surface area contributed by atoms with Gasteiger partial charge in [-0.15, -0.1) is 0 Å². The first-order chi connectivity index (χ1) is 10.9. The fourth-order valence-electron chi connectivity index (χ4n) is 2.55. The standard InChI is InChI=1S/C19H24N2O2/c1-13-9-17(18(22)10-14(13)2)12-21(4)11-15-5-7-16(8-6-15)19(23)20-3/h5-10,22H,11-12H2,1-4H3,(H,20,23). The summed E-state index contributed by atoms with van der Waals surface area (Å²) in [6.07, 6.45) is 0. The van der Waals surface area contributed by atoms with E-state index in [9.17, 15) is 9.90 Å². The monoisotopic (exact) mass is 312 g/mol. The number of phenolic OH excluding ortho intramolecular Hbond substituents is 1. The maximum Gasteiger partial charge on any atom is 0.251 e. The van der Waals surface area contributed by atoms with Crippen LogP contribution in [-0.2, 0) is 13.1 Å². The number of nitrogens with one attached hydrogen (secondary N) is 1. The van der Waals surface area contributed by atoms with E-state index in [1.807, 2.05) is 50.4 Å². The van der Waals surface area contributed by atoms with Crippen LogP contribution >= 0.6 is 0 Å². The summed E-state index contributed by atoms with van der Waals surface area (Å²) >= 11 is 0. The fraction of sp³-hybridized carbons (Fsp3) is 0.316. The summed E-state index contributed by atoms with van der Waals surface area (Å²) in [4.78, 5) is 13.7. The SMILES string of the molecule is CNC(=O)c1ccc(CN(C)Cc2cc(C)c(C)cc2O)cc1. The third-order valence-corrected chi connectivity index (χ3v) is 4.03. The summed E-state index contributed by atoms with van der Waals surface area (Å²) in [5.74, 6) is 0.264. The number of rotatable bonds is 5. The van der Waals surface area contributed by atoms with E-state index in [2.05, 4.69) is 17.1 Å². The average molecular weight is 312 g/mol. The highest BCUT2D eigenvalue weighted by atomic mass is 16.3. The highest BCUT2D eigenvalue weighted by Gasteiger charge is 2.09. The fourth-order valence-corrected chi connectivity index (χ4v) is 2.55. The predicted molar refractivity (Wildman–Crippen MR) is 92.6 cm³/mol. The molecule has 2 aromatic rings. The van der Waals surface area contributed by atoms with Gasteiger partial charge < -0.3 is 10.4 Å². The van der Waals surface area contributed by atoms with Crippen LogP contribution in [-0.4, -0.2) is 30.0 Å². The van der Waals surface area contributed by atoms with Crippen LogP contribution in [0.2, 0.25) is 0 Å². The van der Waals surface area contributed by atoms with Gasteiger partial charge in [-0.25, -0.2) is 0 Å². The minimum absolute atomic E-state index is 0.0787. The van der Waals surface area contributed by atoms with Crippen LogP contribution in [0.5, 0.6) is 5.75 Å². The molecule has 0 radical (unpaired) electrons. The van der Waals surface area contributed by atoms with Crippen molar-refractivity contribution >= 4 is 5.91 Å². The van der Waals surface area contributed by atoms with Gasteiger partial charge in [0.05, 0.1) is 0 Å². The molecule has 0 atom stereocenters. The van der Waals surface area contributed by atoms with Gasteiger partial charge in [0.1, 0.15) is 5.75 Å². The average Bonchev–Trinajstić information content (AvgIpc) is 2.52. The quantitative estimate of drug-likeness (QED) is 0.892. The van der Waals surface area contributed by atoms with Crippen molar-refractivity contribution in [1.29, 1.82) is 0 Å². The molecule has 2 aromatic carbocycles. The lowest BCUT2D eigenvalue weighted by Crippen LogP contribution is -2.19. The molecule has 0 aliphatic heterocycles. The highest BCUT2D eigenvalue weighted by molar-refractivity contribution is 5.93. The number of aromatic hydroxyl groups is 1.